The molecular weight excluding hydrogens is 310 g/mol. The van der Waals surface area contributed by atoms with Gasteiger partial charge in [-0.25, -0.2) is 0 Å². The quantitative estimate of drug-likeness (QED) is 0.845. The van der Waals surface area contributed by atoms with E-state index in [2.05, 4.69) is 48.1 Å². The zero-order chi connectivity index (χ0) is 17.7. The smallest absolute Gasteiger partial charge is 0.117 e. The van der Waals surface area contributed by atoms with Crippen molar-refractivity contribution in [3.8, 4) is 0 Å². The predicted octanol–water partition coefficient (Wildman–Crippen LogP) is 4.41. The molecule has 0 saturated carbocycles. The molecule has 3 rings (SSSR count). The standard InChI is InChI=1S/C21H31N3O/c1-21(2,3)14-20(17-6-4-10-22-15-17)23-18-8-11-24(12-9-18)16-19-7-5-13-25-19/h4-7,10,13,15,18,20,23H,8-9,11-12,14,16H2,1-3H3/t20-/m0/s1. The number of nitrogens with zero attached hydrogens (tertiary/aromatic N) is 2. The summed E-state index contributed by atoms with van der Waals surface area (Å²) in [6, 6.07) is 9.21. The van der Waals surface area contributed by atoms with Crippen LogP contribution in [0.5, 0.6) is 0 Å². The van der Waals surface area contributed by atoms with Gasteiger partial charge in [0.15, 0.2) is 0 Å². The summed E-state index contributed by atoms with van der Waals surface area (Å²) < 4.78 is 5.48. The molecule has 2 aromatic heterocycles. The van der Waals surface area contributed by atoms with Crippen molar-refractivity contribution >= 4 is 0 Å². The van der Waals surface area contributed by atoms with Crippen molar-refractivity contribution in [1.29, 1.82) is 0 Å². The Morgan fingerprint density at radius 3 is 2.64 bits per heavy atom. The number of nitrogens with one attached hydrogen (secondary N) is 1. The normalized spacial score (nSPS) is 18.4. The van der Waals surface area contributed by atoms with Crippen LogP contribution in [0.2, 0.25) is 0 Å². The molecule has 1 aliphatic heterocycles. The minimum atomic E-state index is 0.285. The third kappa shape index (κ3) is 5.68. The lowest BCUT2D eigenvalue weighted by Gasteiger charge is -2.36. The summed E-state index contributed by atoms with van der Waals surface area (Å²) >= 11 is 0. The molecule has 2 aromatic rings. The molecule has 25 heavy (non-hydrogen) atoms. The average Bonchev–Trinajstić information content (AvgIpc) is 3.09. The first kappa shape index (κ1) is 18.2. The number of rotatable bonds is 6. The Labute approximate surface area is 151 Å². The van der Waals surface area contributed by atoms with Crippen LogP contribution in [0.15, 0.2) is 47.3 Å². The van der Waals surface area contributed by atoms with Crippen LogP contribution in [0.1, 0.15) is 57.4 Å². The number of hydrogen-bond donors (Lipinski definition) is 1. The van der Waals surface area contributed by atoms with Gasteiger partial charge in [-0.3, -0.25) is 9.88 Å². The van der Waals surface area contributed by atoms with Gasteiger partial charge in [-0.05, 0) is 48.4 Å². The maximum atomic E-state index is 5.48. The second kappa shape index (κ2) is 8.15. The minimum Gasteiger partial charge on any atom is -0.468 e. The fourth-order valence-electron chi connectivity index (χ4n) is 3.63. The third-order valence-electron chi connectivity index (χ3n) is 4.89. The summed E-state index contributed by atoms with van der Waals surface area (Å²) in [5.74, 6) is 1.06. The largest absolute Gasteiger partial charge is 0.468 e. The summed E-state index contributed by atoms with van der Waals surface area (Å²) in [5.41, 5.74) is 1.59. The van der Waals surface area contributed by atoms with E-state index in [0.29, 0.717) is 12.1 Å². The molecule has 0 amide bonds. The lowest BCUT2D eigenvalue weighted by atomic mass is 9.85. The van der Waals surface area contributed by atoms with Gasteiger partial charge in [-0.2, -0.15) is 0 Å². The van der Waals surface area contributed by atoms with Crippen LogP contribution >= 0.6 is 0 Å². The zero-order valence-corrected chi connectivity index (χ0v) is 15.7. The Morgan fingerprint density at radius 1 is 1.24 bits per heavy atom. The van der Waals surface area contributed by atoms with Crippen LogP contribution in [0.25, 0.3) is 0 Å². The van der Waals surface area contributed by atoms with Crippen molar-refractivity contribution in [2.24, 2.45) is 5.41 Å². The van der Waals surface area contributed by atoms with Gasteiger partial charge in [-0.1, -0.05) is 26.8 Å². The van der Waals surface area contributed by atoms with E-state index >= 15 is 0 Å². The number of pyridine rings is 1. The molecule has 0 spiro atoms. The molecule has 1 atom stereocenters. The van der Waals surface area contributed by atoms with Crippen LogP contribution in [-0.4, -0.2) is 29.0 Å². The van der Waals surface area contributed by atoms with E-state index in [1.54, 1.807) is 6.26 Å². The highest BCUT2D eigenvalue weighted by atomic mass is 16.3. The van der Waals surface area contributed by atoms with Crippen LogP contribution < -0.4 is 5.32 Å². The number of furan rings is 1. The van der Waals surface area contributed by atoms with Gasteiger partial charge in [0.1, 0.15) is 5.76 Å². The van der Waals surface area contributed by atoms with Gasteiger partial charge in [0.2, 0.25) is 0 Å². The first-order chi connectivity index (χ1) is 12.0. The lowest BCUT2D eigenvalue weighted by molar-refractivity contribution is 0.166. The minimum absolute atomic E-state index is 0.285. The van der Waals surface area contributed by atoms with Crippen molar-refractivity contribution in [2.75, 3.05) is 13.1 Å². The maximum absolute atomic E-state index is 5.48. The number of aromatic nitrogens is 1. The third-order valence-corrected chi connectivity index (χ3v) is 4.89. The predicted molar refractivity (Wildman–Crippen MR) is 101 cm³/mol. The average molecular weight is 341 g/mol. The van der Waals surface area contributed by atoms with Crippen molar-refractivity contribution in [1.82, 2.24) is 15.2 Å². The molecule has 1 N–H and O–H groups in total. The van der Waals surface area contributed by atoms with E-state index in [9.17, 15) is 0 Å². The fourth-order valence-corrected chi connectivity index (χ4v) is 3.63. The van der Waals surface area contributed by atoms with Gasteiger partial charge < -0.3 is 9.73 Å². The Hall–Kier alpha value is -1.65. The molecule has 3 heterocycles. The van der Waals surface area contributed by atoms with Gasteiger partial charge in [-0.15, -0.1) is 0 Å². The molecule has 1 fully saturated rings. The van der Waals surface area contributed by atoms with Crippen LogP contribution in [-0.2, 0) is 6.54 Å². The Kier molecular flexibility index (Phi) is 5.92. The summed E-state index contributed by atoms with van der Waals surface area (Å²) in [4.78, 5) is 6.81. The van der Waals surface area contributed by atoms with E-state index in [1.165, 1.54) is 18.4 Å². The molecule has 4 heteroatoms. The Morgan fingerprint density at radius 2 is 2.04 bits per heavy atom. The number of hydrogen-bond acceptors (Lipinski definition) is 4. The van der Waals surface area contributed by atoms with Crippen LogP contribution in [0.4, 0.5) is 0 Å². The molecule has 1 saturated heterocycles. The van der Waals surface area contributed by atoms with Crippen LogP contribution in [0, 0.1) is 5.41 Å². The monoisotopic (exact) mass is 341 g/mol. The summed E-state index contributed by atoms with van der Waals surface area (Å²) in [6.07, 6.45) is 9.10. The van der Waals surface area contributed by atoms with E-state index < -0.39 is 0 Å². The highest BCUT2D eigenvalue weighted by Gasteiger charge is 2.26. The highest BCUT2D eigenvalue weighted by Crippen LogP contribution is 2.30. The SMILES string of the molecule is CC(C)(C)C[C@H](NC1CCN(Cc2ccco2)CC1)c1cccnc1. The first-order valence-corrected chi connectivity index (χ1v) is 9.40. The first-order valence-electron chi connectivity index (χ1n) is 9.40. The van der Waals surface area contributed by atoms with Crippen molar-refractivity contribution in [2.45, 2.75) is 58.7 Å². The fraction of sp³-hybridized carbons (Fsp3) is 0.571. The molecule has 1 aliphatic rings. The second-order valence-electron chi connectivity index (χ2n) is 8.40. The molecule has 0 aromatic carbocycles. The Bertz CT molecular complexity index is 610. The summed E-state index contributed by atoms with van der Waals surface area (Å²) in [7, 11) is 0. The second-order valence-corrected chi connectivity index (χ2v) is 8.40. The van der Waals surface area contributed by atoms with E-state index in [4.69, 9.17) is 4.42 Å². The molecule has 136 valence electrons. The topological polar surface area (TPSA) is 41.3 Å². The van der Waals surface area contributed by atoms with E-state index in [1.807, 2.05) is 24.5 Å². The zero-order valence-electron chi connectivity index (χ0n) is 15.7. The molecule has 0 aliphatic carbocycles. The van der Waals surface area contributed by atoms with Crippen molar-refractivity contribution < 1.29 is 4.42 Å². The molecular formula is C21H31N3O. The van der Waals surface area contributed by atoms with Crippen LogP contribution in [0.3, 0.4) is 0 Å². The lowest BCUT2D eigenvalue weighted by Crippen LogP contribution is -2.44. The van der Waals surface area contributed by atoms with Gasteiger partial charge in [0.05, 0.1) is 12.8 Å². The van der Waals surface area contributed by atoms with Gasteiger partial charge >= 0.3 is 0 Å². The van der Waals surface area contributed by atoms with Crippen molar-refractivity contribution in [3.05, 3.63) is 54.2 Å². The van der Waals surface area contributed by atoms with Gasteiger partial charge in [0.25, 0.3) is 0 Å². The van der Waals surface area contributed by atoms with E-state index in [-0.39, 0.29) is 5.41 Å². The molecule has 4 nitrogen and oxygen atoms in total. The molecule has 0 bridgehead atoms. The van der Waals surface area contributed by atoms with Gasteiger partial charge in [0, 0.05) is 37.6 Å². The summed E-state index contributed by atoms with van der Waals surface area (Å²) in [6.45, 7) is 10.1. The van der Waals surface area contributed by atoms with E-state index in [0.717, 1.165) is 31.8 Å². The molecule has 0 radical (unpaired) electrons. The Balaban J connectivity index is 1.56. The number of piperidine rings is 1. The summed E-state index contributed by atoms with van der Waals surface area (Å²) in [5, 5.41) is 3.92. The maximum Gasteiger partial charge on any atom is 0.117 e. The highest BCUT2D eigenvalue weighted by molar-refractivity contribution is 5.14. The van der Waals surface area contributed by atoms with Crippen molar-refractivity contribution in [3.63, 3.8) is 0 Å². The molecule has 0 unspecified atom stereocenters. The number of likely N-dealkylation sites (tertiary alicyclic amines) is 1.